The highest BCUT2D eigenvalue weighted by molar-refractivity contribution is 5.94. The number of rotatable bonds is 2. The third-order valence-corrected chi connectivity index (χ3v) is 10.1. The van der Waals surface area contributed by atoms with Crippen molar-refractivity contribution in [1.29, 1.82) is 0 Å². The highest BCUT2D eigenvalue weighted by atomic mass is 16.1. The molecule has 0 bridgehead atoms. The van der Waals surface area contributed by atoms with Crippen LogP contribution in [0.3, 0.4) is 0 Å². The van der Waals surface area contributed by atoms with Gasteiger partial charge in [-0.2, -0.15) is 0 Å². The number of fused-ring (bicyclic) bond motifs is 6. The van der Waals surface area contributed by atoms with E-state index in [0.717, 1.165) is 23.4 Å². The minimum atomic E-state index is 0.493. The fraction of sp³-hybridized carbons (Fsp3) is 0.156. The molecular weight excluding hydrogens is 585 g/mol. The Bertz CT molecular complexity index is 2450. The van der Waals surface area contributed by atoms with Crippen molar-refractivity contribution in [1.82, 2.24) is 0 Å². The second-order valence-electron chi connectivity index (χ2n) is 13.0. The second-order valence-corrected chi connectivity index (χ2v) is 13.0. The number of nitrogens with one attached hydrogen (secondary N) is 1. The van der Waals surface area contributed by atoms with Crippen molar-refractivity contribution >= 4 is 39.7 Å². The standard InChI is InChI=1S/C26H20N2O.C19H18/c29-18-23-17-28(26-12-6-10-20-9-4-5-11-24(20)26)16-22-15-21(13-14-25(22)27-23)19-7-2-1-3-8-19;1-13-5-4-8-17-15(13)11-12-18-16-7-3-2-6-14(16)9-10-19(17)18/h1-15,27H,16-17H2;2-3,6-7,9,11-12H,4-5,8,10H2,1H3. The molecule has 1 N–H and O–H groups in total. The third-order valence-electron chi connectivity index (χ3n) is 10.1. The van der Waals surface area contributed by atoms with Gasteiger partial charge in [-0.25, -0.2) is 4.79 Å². The smallest absolute Gasteiger partial charge is 0.147 e. The van der Waals surface area contributed by atoms with Gasteiger partial charge in [0.05, 0.1) is 6.54 Å². The first kappa shape index (κ1) is 29.8. The van der Waals surface area contributed by atoms with Crippen LogP contribution in [-0.4, -0.2) is 12.5 Å². The summed E-state index contributed by atoms with van der Waals surface area (Å²) in [6, 6.07) is 44.9. The van der Waals surface area contributed by atoms with Crippen LogP contribution < -0.4 is 20.7 Å². The zero-order chi connectivity index (χ0) is 32.5. The van der Waals surface area contributed by atoms with E-state index in [1.807, 2.05) is 12.1 Å². The quantitative estimate of drug-likeness (QED) is 0.197. The summed E-state index contributed by atoms with van der Waals surface area (Å²) in [6.07, 6.45) is 7.33. The van der Waals surface area contributed by atoms with Crippen molar-refractivity contribution in [3.05, 3.63) is 171 Å². The molecule has 0 amide bonds. The molecule has 0 radical (unpaired) electrons. The molecule has 0 saturated carbocycles. The molecule has 0 saturated heterocycles. The first-order valence-electron chi connectivity index (χ1n) is 17.0. The molecule has 3 aliphatic rings. The Hall–Kier alpha value is -5.63. The molecule has 6 aromatic rings. The molecular formula is C45H38N2O. The lowest BCUT2D eigenvalue weighted by Crippen LogP contribution is -2.25. The number of hydrogen-bond donors (Lipinski definition) is 1. The molecule has 1 heterocycles. The molecule has 0 aromatic heterocycles. The van der Waals surface area contributed by atoms with Gasteiger partial charge >= 0.3 is 0 Å². The average molecular weight is 623 g/mol. The summed E-state index contributed by atoms with van der Waals surface area (Å²) >= 11 is 0. The molecule has 3 heteroatoms. The van der Waals surface area contributed by atoms with Gasteiger partial charge in [-0.1, -0.05) is 121 Å². The Kier molecular flexibility index (Phi) is 7.98. The van der Waals surface area contributed by atoms with Gasteiger partial charge in [0.1, 0.15) is 11.6 Å². The largest absolute Gasteiger partial charge is 0.360 e. The highest BCUT2D eigenvalue weighted by Gasteiger charge is 2.20. The van der Waals surface area contributed by atoms with Gasteiger partial charge in [0.15, 0.2) is 0 Å². The molecule has 234 valence electrons. The van der Waals surface area contributed by atoms with Gasteiger partial charge in [-0.15, -0.1) is 0 Å². The number of carbonyl (C=O) groups excluding carboxylic acids is 1. The number of anilines is 2. The van der Waals surface area contributed by atoms with E-state index in [1.165, 1.54) is 62.0 Å². The zero-order valence-electron chi connectivity index (χ0n) is 27.3. The van der Waals surface area contributed by atoms with Gasteiger partial charge in [-0.3, -0.25) is 0 Å². The van der Waals surface area contributed by atoms with E-state index < -0.39 is 0 Å². The van der Waals surface area contributed by atoms with Crippen LogP contribution in [-0.2, 0) is 24.2 Å². The number of benzene rings is 6. The first-order chi connectivity index (χ1) is 23.7. The SMILES string of the molecule is CC1=c2ccc3c(c2CCC1)CC=c1ccccc1=3.O=C=C1CN(c2cccc3ccccc23)Cc2cc(-c3ccccc3)ccc2N1. The van der Waals surface area contributed by atoms with Crippen LogP contribution in [0.15, 0.2) is 133 Å². The summed E-state index contributed by atoms with van der Waals surface area (Å²) in [6.45, 7) is 3.50. The lowest BCUT2D eigenvalue weighted by molar-refractivity contribution is 0.566. The minimum Gasteiger partial charge on any atom is -0.360 e. The maximum Gasteiger partial charge on any atom is 0.147 e. The Morgan fingerprint density at radius 3 is 2.35 bits per heavy atom. The average Bonchev–Trinajstić information content (AvgIpc) is 3.34. The van der Waals surface area contributed by atoms with Crippen LogP contribution in [0.5, 0.6) is 0 Å². The van der Waals surface area contributed by atoms with Crippen LogP contribution in [0.2, 0.25) is 0 Å². The van der Waals surface area contributed by atoms with Crippen LogP contribution in [0, 0.1) is 10.4 Å². The van der Waals surface area contributed by atoms with E-state index in [4.69, 9.17) is 0 Å². The minimum absolute atomic E-state index is 0.493. The molecule has 0 unspecified atom stereocenters. The fourth-order valence-electron chi connectivity index (χ4n) is 7.68. The van der Waals surface area contributed by atoms with Gasteiger partial charge in [0.2, 0.25) is 0 Å². The molecule has 0 atom stereocenters. The number of nitrogens with zero attached hydrogens (tertiary/aromatic N) is 1. The second kappa shape index (κ2) is 12.9. The van der Waals surface area contributed by atoms with Gasteiger partial charge in [-0.05, 0) is 105 Å². The molecule has 1 aliphatic heterocycles. The summed E-state index contributed by atoms with van der Waals surface area (Å²) in [5, 5.41) is 11.5. The van der Waals surface area contributed by atoms with E-state index in [1.54, 1.807) is 16.7 Å². The van der Waals surface area contributed by atoms with Crippen LogP contribution in [0.1, 0.15) is 36.5 Å². The predicted molar refractivity (Wildman–Crippen MR) is 200 cm³/mol. The maximum absolute atomic E-state index is 11.6. The monoisotopic (exact) mass is 622 g/mol. The van der Waals surface area contributed by atoms with E-state index in [9.17, 15) is 4.79 Å². The van der Waals surface area contributed by atoms with Crippen LogP contribution in [0.4, 0.5) is 11.4 Å². The van der Waals surface area contributed by atoms with E-state index >= 15 is 0 Å². The van der Waals surface area contributed by atoms with E-state index in [2.05, 4.69) is 144 Å². The topological polar surface area (TPSA) is 32.3 Å². The Morgan fingerprint density at radius 2 is 1.46 bits per heavy atom. The first-order valence-corrected chi connectivity index (χ1v) is 17.0. The van der Waals surface area contributed by atoms with Crippen molar-refractivity contribution in [2.45, 2.75) is 39.2 Å². The highest BCUT2D eigenvalue weighted by Crippen LogP contribution is 2.34. The van der Waals surface area contributed by atoms with Gasteiger partial charge < -0.3 is 10.2 Å². The lowest BCUT2D eigenvalue weighted by atomic mass is 9.86. The number of hydrogen-bond acceptors (Lipinski definition) is 3. The van der Waals surface area contributed by atoms with Crippen molar-refractivity contribution < 1.29 is 4.79 Å². The zero-order valence-corrected chi connectivity index (χ0v) is 27.3. The molecule has 9 rings (SSSR count). The van der Waals surface area contributed by atoms with Gasteiger partial charge in [0, 0.05) is 23.3 Å². The van der Waals surface area contributed by atoms with Crippen molar-refractivity contribution in [3.8, 4) is 11.1 Å². The molecule has 0 spiro atoms. The van der Waals surface area contributed by atoms with Crippen LogP contribution >= 0.6 is 0 Å². The Balaban J connectivity index is 0.000000153. The van der Waals surface area contributed by atoms with Crippen molar-refractivity contribution in [3.63, 3.8) is 0 Å². The van der Waals surface area contributed by atoms with E-state index in [-0.39, 0.29) is 0 Å². The summed E-state index contributed by atoms with van der Waals surface area (Å²) in [5.74, 6) is 2.09. The third kappa shape index (κ3) is 5.64. The van der Waals surface area contributed by atoms with Crippen molar-refractivity contribution in [2.24, 2.45) is 0 Å². The summed E-state index contributed by atoms with van der Waals surface area (Å²) in [5.41, 5.74) is 10.9. The van der Waals surface area contributed by atoms with E-state index in [0.29, 0.717) is 18.8 Å². The fourth-order valence-corrected chi connectivity index (χ4v) is 7.68. The predicted octanol–water partition coefficient (Wildman–Crippen LogP) is 8.47. The molecule has 6 aromatic carbocycles. The summed E-state index contributed by atoms with van der Waals surface area (Å²) in [4.78, 5) is 13.8. The summed E-state index contributed by atoms with van der Waals surface area (Å²) < 4.78 is 0. The Morgan fingerprint density at radius 1 is 0.667 bits per heavy atom. The van der Waals surface area contributed by atoms with Crippen LogP contribution in [0.25, 0.3) is 33.5 Å². The molecule has 3 nitrogen and oxygen atoms in total. The van der Waals surface area contributed by atoms with Gasteiger partial charge in [0.25, 0.3) is 0 Å². The molecule has 48 heavy (non-hydrogen) atoms. The molecule has 2 aliphatic carbocycles. The Labute approximate surface area is 281 Å². The normalized spacial score (nSPS) is 14.5. The summed E-state index contributed by atoms with van der Waals surface area (Å²) in [7, 11) is 0. The lowest BCUT2D eigenvalue weighted by Gasteiger charge is -2.24. The maximum atomic E-state index is 11.6. The van der Waals surface area contributed by atoms with Crippen molar-refractivity contribution in [2.75, 3.05) is 16.8 Å². The molecule has 0 fully saturated rings.